The van der Waals surface area contributed by atoms with Crippen LogP contribution in [0.5, 0.6) is 0 Å². The third kappa shape index (κ3) is 6.93. The Morgan fingerprint density at radius 2 is 1.83 bits per heavy atom. The van der Waals surface area contributed by atoms with E-state index in [1.165, 1.54) is 7.11 Å². The Balaban J connectivity index is 4.53. The van der Waals surface area contributed by atoms with Crippen molar-refractivity contribution in [3.05, 3.63) is 0 Å². The summed E-state index contributed by atoms with van der Waals surface area (Å²) in [6, 6.07) is 0.307. The summed E-state index contributed by atoms with van der Waals surface area (Å²) in [5.41, 5.74) is 0. The van der Waals surface area contributed by atoms with Crippen LogP contribution in [0.1, 0.15) is 27.7 Å². The predicted molar refractivity (Wildman–Crippen MR) is 72.7 cm³/mol. The minimum atomic E-state index is -0.297. The van der Waals surface area contributed by atoms with Crippen molar-refractivity contribution < 1.29 is 14.3 Å². The lowest BCUT2D eigenvalue weighted by atomic mass is 10.2. The van der Waals surface area contributed by atoms with Crippen molar-refractivity contribution in [2.45, 2.75) is 45.8 Å². The molecule has 0 fully saturated rings. The molecule has 18 heavy (non-hydrogen) atoms. The minimum absolute atomic E-state index is 0.216. The second-order valence-corrected chi connectivity index (χ2v) is 4.98. The van der Waals surface area contributed by atoms with Crippen LogP contribution in [0.4, 0.5) is 0 Å². The molecule has 5 heteroatoms. The van der Waals surface area contributed by atoms with E-state index in [9.17, 15) is 4.79 Å². The maximum absolute atomic E-state index is 11.7. The van der Waals surface area contributed by atoms with Gasteiger partial charge in [-0.3, -0.25) is 9.69 Å². The molecule has 0 amide bonds. The van der Waals surface area contributed by atoms with Crippen LogP contribution in [0.25, 0.3) is 0 Å². The highest BCUT2D eigenvalue weighted by atomic mass is 16.5. The number of ether oxygens (including phenoxy) is 2. The molecule has 0 bridgehead atoms. The van der Waals surface area contributed by atoms with E-state index < -0.39 is 0 Å². The van der Waals surface area contributed by atoms with Gasteiger partial charge < -0.3 is 14.8 Å². The lowest BCUT2D eigenvalue weighted by molar-refractivity contribution is -0.144. The Hall–Kier alpha value is -0.650. The molecule has 0 rings (SSSR count). The summed E-state index contributed by atoms with van der Waals surface area (Å²) in [7, 11) is 3.11. The van der Waals surface area contributed by atoms with Gasteiger partial charge in [-0.2, -0.15) is 0 Å². The second kappa shape index (κ2) is 9.30. The highest BCUT2D eigenvalue weighted by Crippen LogP contribution is 2.02. The third-order valence-electron chi connectivity index (χ3n) is 2.75. The third-order valence-corrected chi connectivity index (χ3v) is 2.75. The Kier molecular flexibility index (Phi) is 8.97. The van der Waals surface area contributed by atoms with E-state index in [1.54, 1.807) is 7.11 Å². The first-order chi connectivity index (χ1) is 8.42. The summed E-state index contributed by atoms with van der Waals surface area (Å²) in [6.45, 7) is 10.4. The predicted octanol–water partition coefficient (Wildman–Crippen LogP) is 0.883. The SMILES string of the molecule is COCCN(CC(NC(C)C)C(=O)OC)C(C)C. The Labute approximate surface area is 111 Å². The number of methoxy groups -OCH3 is 2. The van der Waals surface area contributed by atoms with Crippen LogP contribution in [0.2, 0.25) is 0 Å². The molecule has 0 heterocycles. The smallest absolute Gasteiger partial charge is 0.324 e. The van der Waals surface area contributed by atoms with E-state index in [-0.39, 0.29) is 18.1 Å². The molecule has 108 valence electrons. The van der Waals surface area contributed by atoms with Gasteiger partial charge in [-0.1, -0.05) is 13.8 Å². The van der Waals surface area contributed by atoms with Crippen molar-refractivity contribution in [2.24, 2.45) is 0 Å². The van der Waals surface area contributed by atoms with Crippen LogP contribution in [0.15, 0.2) is 0 Å². The molecule has 0 aromatic rings. The van der Waals surface area contributed by atoms with Gasteiger partial charge in [0.05, 0.1) is 13.7 Å². The van der Waals surface area contributed by atoms with Gasteiger partial charge >= 0.3 is 5.97 Å². The van der Waals surface area contributed by atoms with E-state index in [4.69, 9.17) is 9.47 Å². The minimum Gasteiger partial charge on any atom is -0.468 e. The fourth-order valence-electron chi connectivity index (χ4n) is 1.74. The molecular formula is C13H28N2O3. The number of esters is 1. The quantitative estimate of drug-likeness (QED) is 0.624. The highest BCUT2D eigenvalue weighted by molar-refractivity contribution is 5.76. The molecule has 0 radical (unpaired) electrons. The van der Waals surface area contributed by atoms with Crippen LogP contribution < -0.4 is 5.32 Å². The number of nitrogens with one attached hydrogen (secondary N) is 1. The number of rotatable bonds is 9. The van der Waals surface area contributed by atoms with Crippen LogP contribution in [0.3, 0.4) is 0 Å². The molecule has 1 atom stereocenters. The molecule has 5 nitrogen and oxygen atoms in total. The zero-order valence-corrected chi connectivity index (χ0v) is 12.5. The lowest BCUT2D eigenvalue weighted by Crippen LogP contribution is -2.51. The van der Waals surface area contributed by atoms with Crippen LogP contribution >= 0.6 is 0 Å². The normalized spacial score (nSPS) is 13.4. The monoisotopic (exact) mass is 260 g/mol. The Morgan fingerprint density at radius 1 is 1.22 bits per heavy atom. The standard InChI is InChI=1S/C13H28N2O3/c1-10(2)14-12(13(16)18-6)9-15(11(3)4)7-8-17-5/h10-12,14H,7-9H2,1-6H3. The van der Waals surface area contributed by atoms with Crippen molar-refractivity contribution in [1.29, 1.82) is 0 Å². The number of hydrogen-bond acceptors (Lipinski definition) is 5. The fourth-order valence-corrected chi connectivity index (χ4v) is 1.74. The zero-order valence-electron chi connectivity index (χ0n) is 12.5. The van der Waals surface area contributed by atoms with E-state index >= 15 is 0 Å². The summed E-state index contributed by atoms with van der Waals surface area (Å²) < 4.78 is 9.93. The number of hydrogen-bond donors (Lipinski definition) is 1. The van der Waals surface area contributed by atoms with Crippen molar-refractivity contribution in [3.63, 3.8) is 0 Å². The van der Waals surface area contributed by atoms with Gasteiger partial charge in [-0.15, -0.1) is 0 Å². The number of nitrogens with zero attached hydrogens (tertiary/aromatic N) is 1. The van der Waals surface area contributed by atoms with Crippen molar-refractivity contribution >= 4 is 5.97 Å². The molecule has 0 aliphatic rings. The largest absolute Gasteiger partial charge is 0.468 e. The lowest BCUT2D eigenvalue weighted by Gasteiger charge is -2.30. The maximum atomic E-state index is 11.7. The van der Waals surface area contributed by atoms with Crippen LogP contribution in [-0.2, 0) is 14.3 Å². The summed E-state index contributed by atoms with van der Waals surface area (Å²) in [6.07, 6.45) is 0. The van der Waals surface area contributed by atoms with E-state index in [2.05, 4.69) is 24.1 Å². The molecule has 0 aromatic heterocycles. The van der Waals surface area contributed by atoms with E-state index in [0.717, 1.165) is 6.54 Å². The average Bonchev–Trinajstić information content (AvgIpc) is 2.31. The van der Waals surface area contributed by atoms with Gasteiger partial charge in [-0.25, -0.2) is 0 Å². The highest BCUT2D eigenvalue weighted by Gasteiger charge is 2.24. The van der Waals surface area contributed by atoms with Crippen LogP contribution in [0, 0.1) is 0 Å². The second-order valence-electron chi connectivity index (χ2n) is 4.98. The first-order valence-electron chi connectivity index (χ1n) is 6.49. The van der Waals surface area contributed by atoms with Gasteiger partial charge in [-0.05, 0) is 13.8 Å². The molecule has 0 spiro atoms. The van der Waals surface area contributed by atoms with E-state index in [1.807, 2.05) is 13.8 Å². The molecule has 0 saturated heterocycles. The Bertz CT molecular complexity index is 232. The van der Waals surface area contributed by atoms with Gasteiger partial charge in [0.25, 0.3) is 0 Å². The molecule has 0 saturated carbocycles. The van der Waals surface area contributed by atoms with Gasteiger partial charge in [0.2, 0.25) is 0 Å². The topological polar surface area (TPSA) is 50.8 Å². The average molecular weight is 260 g/mol. The summed E-state index contributed by atoms with van der Waals surface area (Å²) in [5.74, 6) is -0.216. The molecule has 0 aromatic carbocycles. The summed E-state index contributed by atoms with van der Waals surface area (Å²) in [5, 5.41) is 3.24. The van der Waals surface area contributed by atoms with Gasteiger partial charge in [0.1, 0.15) is 6.04 Å². The zero-order chi connectivity index (χ0) is 14.1. The van der Waals surface area contributed by atoms with Crippen LogP contribution in [-0.4, -0.2) is 62.9 Å². The molecular weight excluding hydrogens is 232 g/mol. The van der Waals surface area contributed by atoms with Crippen molar-refractivity contribution in [3.8, 4) is 0 Å². The van der Waals surface area contributed by atoms with Gasteiger partial charge in [0.15, 0.2) is 0 Å². The summed E-state index contributed by atoms with van der Waals surface area (Å²) >= 11 is 0. The molecule has 1 N–H and O–H groups in total. The van der Waals surface area contributed by atoms with Crippen molar-refractivity contribution in [2.75, 3.05) is 33.9 Å². The number of carbonyl (C=O) groups is 1. The molecule has 1 unspecified atom stereocenters. The number of carbonyl (C=O) groups excluding carboxylic acids is 1. The molecule has 0 aliphatic heterocycles. The fraction of sp³-hybridized carbons (Fsp3) is 0.923. The van der Waals surface area contributed by atoms with E-state index in [0.29, 0.717) is 19.2 Å². The first kappa shape index (κ1) is 17.4. The maximum Gasteiger partial charge on any atom is 0.324 e. The molecule has 0 aliphatic carbocycles. The van der Waals surface area contributed by atoms with Gasteiger partial charge in [0, 0.05) is 32.3 Å². The first-order valence-corrected chi connectivity index (χ1v) is 6.49. The summed E-state index contributed by atoms with van der Waals surface area (Å²) in [4.78, 5) is 13.9. The Morgan fingerprint density at radius 3 is 2.22 bits per heavy atom. The van der Waals surface area contributed by atoms with Crippen molar-refractivity contribution in [1.82, 2.24) is 10.2 Å².